The molecule has 0 N–H and O–H groups in total. The first-order valence-corrected chi connectivity index (χ1v) is 8.27. The minimum absolute atomic E-state index is 0.298. The van der Waals surface area contributed by atoms with Crippen LogP contribution >= 0.6 is 11.6 Å². The average Bonchev–Trinajstić information content (AvgIpc) is 2.38. The van der Waals surface area contributed by atoms with Crippen molar-refractivity contribution in [2.75, 3.05) is 0 Å². The smallest absolute Gasteiger partial charge is 0.0376 e. The van der Waals surface area contributed by atoms with E-state index in [2.05, 4.69) is 39.0 Å². The van der Waals surface area contributed by atoms with Gasteiger partial charge in [0.05, 0.1) is 0 Å². The van der Waals surface area contributed by atoms with Gasteiger partial charge in [0.25, 0.3) is 0 Å². The quantitative estimate of drug-likeness (QED) is 0.373. The topological polar surface area (TPSA) is 0 Å². The summed E-state index contributed by atoms with van der Waals surface area (Å²) in [5.41, 5.74) is 4.13. The molecule has 1 atom stereocenters. The molecule has 0 saturated heterocycles. The number of halogens is 1. The zero-order valence-electron chi connectivity index (χ0n) is 12.8. The lowest BCUT2D eigenvalue weighted by Crippen LogP contribution is -2.05. The molecule has 0 nitrogen and oxygen atoms in total. The lowest BCUT2D eigenvalue weighted by molar-refractivity contribution is 0.578. The maximum absolute atomic E-state index is 6.48. The van der Waals surface area contributed by atoms with E-state index < -0.39 is 0 Å². The number of hydrogen-bond donors (Lipinski definition) is 0. The van der Waals surface area contributed by atoms with Crippen molar-refractivity contribution in [3.63, 3.8) is 0 Å². The van der Waals surface area contributed by atoms with Crippen LogP contribution in [-0.2, 0) is 6.42 Å². The maximum atomic E-state index is 6.48. The number of hydrogen-bond acceptors (Lipinski definition) is 0. The zero-order valence-corrected chi connectivity index (χ0v) is 13.6. The fraction of sp³-hybridized carbons (Fsp3) is 0.667. The Balaban J connectivity index is 2.23. The largest absolute Gasteiger partial charge is 0.123 e. The van der Waals surface area contributed by atoms with E-state index in [4.69, 9.17) is 11.6 Å². The van der Waals surface area contributed by atoms with Crippen LogP contribution in [0.25, 0.3) is 0 Å². The highest BCUT2D eigenvalue weighted by molar-refractivity contribution is 6.20. The summed E-state index contributed by atoms with van der Waals surface area (Å²) in [7, 11) is 0. The molecule has 1 unspecified atom stereocenters. The van der Waals surface area contributed by atoms with Crippen molar-refractivity contribution in [2.24, 2.45) is 0 Å². The van der Waals surface area contributed by atoms with Crippen molar-refractivity contribution >= 4 is 11.6 Å². The molecule has 0 saturated carbocycles. The van der Waals surface area contributed by atoms with Crippen molar-refractivity contribution in [3.8, 4) is 0 Å². The van der Waals surface area contributed by atoms with E-state index in [1.54, 1.807) is 0 Å². The van der Waals surface area contributed by atoms with Crippen LogP contribution in [-0.4, -0.2) is 5.38 Å². The van der Waals surface area contributed by atoms with Gasteiger partial charge in [-0.05, 0) is 37.8 Å². The molecule has 0 aliphatic rings. The Hall–Kier alpha value is -0.490. The normalized spacial score (nSPS) is 12.6. The molecular formula is C18H29Cl. The maximum Gasteiger partial charge on any atom is 0.0376 e. The summed E-state index contributed by atoms with van der Waals surface area (Å²) in [4.78, 5) is 0. The van der Waals surface area contributed by atoms with Gasteiger partial charge >= 0.3 is 0 Å². The molecular weight excluding hydrogens is 252 g/mol. The molecule has 1 aromatic carbocycles. The SMILES string of the molecule is CCCCCCCCC(Cl)Cc1cc(C)ccc1C. The standard InChI is InChI=1S/C18H29Cl/c1-4-5-6-7-8-9-10-18(19)14-17-13-15(2)11-12-16(17)3/h11-13,18H,4-10,14H2,1-3H3. The second-order valence-electron chi connectivity index (χ2n) is 5.79. The van der Waals surface area contributed by atoms with E-state index in [0.717, 1.165) is 12.8 Å². The Kier molecular flexibility index (Phi) is 8.21. The average molecular weight is 281 g/mol. The molecule has 1 heteroatoms. The molecule has 1 rings (SSSR count). The molecule has 0 aromatic heterocycles. The predicted molar refractivity (Wildman–Crippen MR) is 87.3 cm³/mol. The molecule has 0 amide bonds. The Morgan fingerprint density at radius 2 is 1.68 bits per heavy atom. The van der Waals surface area contributed by atoms with Crippen LogP contribution in [0.4, 0.5) is 0 Å². The molecule has 0 spiro atoms. The Morgan fingerprint density at radius 1 is 1.00 bits per heavy atom. The van der Waals surface area contributed by atoms with Crippen molar-refractivity contribution in [1.29, 1.82) is 0 Å². The second-order valence-corrected chi connectivity index (χ2v) is 6.41. The third kappa shape index (κ3) is 7.01. The van der Waals surface area contributed by atoms with Gasteiger partial charge in [0.2, 0.25) is 0 Å². The first-order valence-electron chi connectivity index (χ1n) is 7.83. The van der Waals surface area contributed by atoms with Crippen LogP contribution in [0.5, 0.6) is 0 Å². The molecule has 0 bridgehead atoms. The van der Waals surface area contributed by atoms with Gasteiger partial charge in [0, 0.05) is 5.38 Å². The van der Waals surface area contributed by atoms with E-state index in [0.29, 0.717) is 5.38 Å². The third-order valence-electron chi connectivity index (χ3n) is 3.82. The zero-order chi connectivity index (χ0) is 14.1. The van der Waals surface area contributed by atoms with E-state index in [-0.39, 0.29) is 0 Å². The number of unbranched alkanes of at least 4 members (excludes halogenated alkanes) is 5. The van der Waals surface area contributed by atoms with Gasteiger partial charge in [-0.25, -0.2) is 0 Å². The summed E-state index contributed by atoms with van der Waals surface area (Å²) in [6.07, 6.45) is 10.3. The third-order valence-corrected chi connectivity index (χ3v) is 4.19. The summed E-state index contributed by atoms with van der Waals surface area (Å²) >= 11 is 6.48. The van der Waals surface area contributed by atoms with Gasteiger partial charge in [0.15, 0.2) is 0 Å². The molecule has 1 aromatic rings. The summed E-state index contributed by atoms with van der Waals surface area (Å²) in [6.45, 7) is 6.60. The molecule has 0 radical (unpaired) electrons. The van der Waals surface area contributed by atoms with Crippen LogP contribution in [0.1, 0.15) is 68.6 Å². The number of benzene rings is 1. The molecule has 108 valence electrons. The van der Waals surface area contributed by atoms with Gasteiger partial charge in [-0.3, -0.25) is 0 Å². The predicted octanol–water partition coefficient (Wildman–Crippen LogP) is 6.20. The Labute approximate surface area is 124 Å². The Bertz CT molecular complexity index is 357. The fourth-order valence-corrected chi connectivity index (χ4v) is 2.83. The first-order chi connectivity index (χ1) is 9.13. The Morgan fingerprint density at radius 3 is 2.42 bits per heavy atom. The fourth-order valence-electron chi connectivity index (χ4n) is 2.51. The van der Waals surface area contributed by atoms with Crippen molar-refractivity contribution in [2.45, 2.75) is 77.5 Å². The summed E-state index contributed by atoms with van der Waals surface area (Å²) in [6, 6.07) is 6.67. The summed E-state index contributed by atoms with van der Waals surface area (Å²) < 4.78 is 0. The van der Waals surface area contributed by atoms with Crippen LogP contribution in [0.3, 0.4) is 0 Å². The minimum Gasteiger partial charge on any atom is -0.123 e. The first kappa shape index (κ1) is 16.6. The highest BCUT2D eigenvalue weighted by Crippen LogP contribution is 2.19. The van der Waals surface area contributed by atoms with Gasteiger partial charge in [-0.15, -0.1) is 11.6 Å². The number of rotatable bonds is 9. The highest BCUT2D eigenvalue weighted by Gasteiger charge is 2.08. The van der Waals surface area contributed by atoms with E-state index in [9.17, 15) is 0 Å². The highest BCUT2D eigenvalue weighted by atomic mass is 35.5. The second kappa shape index (κ2) is 9.42. The monoisotopic (exact) mass is 280 g/mol. The van der Waals surface area contributed by atoms with Crippen molar-refractivity contribution in [3.05, 3.63) is 34.9 Å². The molecule has 0 aliphatic heterocycles. The summed E-state index contributed by atoms with van der Waals surface area (Å²) in [5, 5.41) is 0.298. The molecule has 0 aliphatic carbocycles. The lowest BCUT2D eigenvalue weighted by Gasteiger charge is -2.12. The van der Waals surface area contributed by atoms with Crippen molar-refractivity contribution < 1.29 is 0 Å². The van der Waals surface area contributed by atoms with Gasteiger partial charge in [-0.1, -0.05) is 69.2 Å². The number of aryl methyl sites for hydroxylation is 2. The van der Waals surface area contributed by atoms with Gasteiger partial charge in [0.1, 0.15) is 0 Å². The van der Waals surface area contributed by atoms with E-state index in [1.807, 2.05) is 0 Å². The van der Waals surface area contributed by atoms with Crippen LogP contribution in [0.2, 0.25) is 0 Å². The summed E-state index contributed by atoms with van der Waals surface area (Å²) in [5.74, 6) is 0. The molecule has 0 fully saturated rings. The van der Waals surface area contributed by atoms with Crippen LogP contribution < -0.4 is 0 Å². The minimum atomic E-state index is 0.298. The lowest BCUT2D eigenvalue weighted by atomic mass is 9.99. The van der Waals surface area contributed by atoms with Crippen molar-refractivity contribution in [1.82, 2.24) is 0 Å². The van der Waals surface area contributed by atoms with E-state index in [1.165, 1.54) is 55.2 Å². The van der Waals surface area contributed by atoms with Gasteiger partial charge in [-0.2, -0.15) is 0 Å². The van der Waals surface area contributed by atoms with Gasteiger partial charge < -0.3 is 0 Å². The molecule has 19 heavy (non-hydrogen) atoms. The van der Waals surface area contributed by atoms with E-state index >= 15 is 0 Å². The number of alkyl halides is 1. The van der Waals surface area contributed by atoms with Crippen LogP contribution in [0.15, 0.2) is 18.2 Å². The van der Waals surface area contributed by atoms with Crippen LogP contribution in [0, 0.1) is 13.8 Å². The molecule has 0 heterocycles.